The highest BCUT2D eigenvalue weighted by Gasteiger charge is 2.19. The Bertz CT molecular complexity index is 739. The Kier molecular flexibility index (Phi) is 4.53. The highest BCUT2D eigenvalue weighted by Crippen LogP contribution is 2.26. The molecule has 0 unspecified atom stereocenters. The summed E-state index contributed by atoms with van der Waals surface area (Å²) in [7, 11) is -2.22. The summed E-state index contributed by atoms with van der Waals surface area (Å²) in [6, 6.07) is 12.3. The van der Waals surface area contributed by atoms with Crippen LogP contribution in [-0.4, -0.2) is 15.5 Å². The van der Waals surface area contributed by atoms with Crippen LogP contribution in [0.4, 0.5) is 5.69 Å². The van der Waals surface area contributed by atoms with Crippen molar-refractivity contribution in [2.45, 2.75) is 25.2 Å². The lowest BCUT2D eigenvalue weighted by molar-refractivity contribution is 0.403. The van der Waals surface area contributed by atoms with Crippen molar-refractivity contribution in [1.29, 1.82) is 0 Å². The van der Waals surface area contributed by atoms with E-state index in [4.69, 9.17) is 4.74 Å². The first-order valence-corrected chi connectivity index (χ1v) is 8.21. The van der Waals surface area contributed by atoms with Crippen molar-refractivity contribution in [2.75, 3.05) is 11.8 Å². The molecule has 0 radical (unpaired) electrons. The maximum Gasteiger partial charge on any atom is 0.265 e. The van der Waals surface area contributed by atoms with Crippen molar-refractivity contribution in [3.63, 3.8) is 0 Å². The molecule has 0 heterocycles. The van der Waals surface area contributed by atoms with Gasteiger partial charge in [0.05, 0.1) is 12.8 Å². The summed E-state index contributed by atoms with van der Waals surface area (Å²) < 4.78 is 32.7. The molecule has 5 heteroatoms. The van der Waals surface area contributed by atoms with Crippen molar-refractivity contribution in [3.05, 3.63) is 53.6 Å². The fourth-order valence-corrected chi connectivity index (χ4v) is 3.40. The first-order valence-electron chi connectivity index (χ1n) is 6.73. The van der Waals surface area contributed by atoms with Gasteiger partial charge in [0.1, 0.15) is 10.6 Å². The lowest BCUT2D eigenvalue weighted by atomic mass is 10.1. The van der Waals surface area contributed by atoms with Gasteiger partial charge in [-0.15, -0.1) is 0 Å². The second kappa shape index (κ2) is 6.18. The number of benzene rings is 2. The minimum absolute atomic E-state index is 0.131. The Morgan fingerprint density at radius 2 is 1.86 bits per heavy atom. The number of para-hydroxylation sites is 1. The molecule has 0 amide bonds. The van der Waals surface area contributed by atoms with Gasteiger partial charge in [0.15, 0.2) is 0 Å². The molecule has 0 atom stereocenters. The molecule has 0 fully saturated rings. The van der Waals surface area contributed by atoms with E-state index in [9.17, 15) is 8.42 Å². The third-order valence-corrected chi connectivity index (χ3v) is 4.71. The molecule has 0 aliphatic heterocycles. The summed E-state index contributed by atoms with van der Waals surface area (Å²) in [4.78, 5) is 0.131. The molecule has 0 saturated heterocycles. The van der Waals surface area contributed by atoms with Crippen LogP contribution in [0, 0.1) is 6.92 Å². The second-order valence-electron chi connectivity index (χ2n) is 4.76. The third-order valence-electron chi connectivity index (χ3n) is 3.30. The zero-order valence-corrected chi connectivity index (χ0v) is 13.2. The van der Waals surface area contributed by atoms with E-state index in [2.05, 4.69) is 11.6 Å². The van der Waals surface area contributed by atoms with Crippen molar-refractivity contribution in [3.8, 4) is 5.75 Å². The van der Waals surface area contributed by atoms with Crippen LogP contribution in [0.2, 0.25) is 0 Å². The number of aryl methyl sites for hydroxylation is 2. The minimum atomic E-state index is -3.67. The molecule has 0 aliphatic carbocycles. The molecule has 2 aromatic rings. The zero-order chi connectivity index (χ0) is 15.5. The molecule has 21 heavy (non-hydrogen) atoms. The molecule has 2 aromatic carbocycles. The van der Waals surface area contributed by atoms with Crippen LogP contribution in [0.15, 0.2) is 47.4 Å². The topological polar surface area (TPSA) is 55.4 Å². The highest BCUT2D eigenvalue weighted by atomic mass is 32.2. The Morgan fingerprint density at radius 3 is 2.48 bits per heavy atom. The Labute approximate surface area is 125 Å². The molecule has 1 N–H and O–H groups in total. The number of rotatable bonds is 5. The van der Waals surface area contributed by atoms with Crippen LogP contribution in [-0.2, 0) is 16.4 Å². The van der Waals surface area contributed by atoms with Gasteiger partial charge in [0.2, 0.25) is 0 Å². The summed E-state index contributed by atoms with van der Waals surface area (Å²) >= 11 is 0. The molecule has 112 valence electrons. The van der Waals surface area contributed by atoms with Crippen LogP contribution in [0.25, 0.3) is 0 Å². The van der Waals surface area contributed by atoms with E-state index < -0.39 is 10.0 Å². The maximum atomic E-state index is 12.5. The maximum absolute atomic E-state index is 12.5. The quantitative estimate of drug-likeness (QED) is 0.921. The Hall–Kier alpha value is -2.01. The van der Waals surface area contributed by atoms with E-state index in [1.165, 1.54) is 18.7 Å². The van der Waals surface area contributed by atoms with Gasteiger partial charge in [-0.1, -0.05) is 31.2 Å². The van der Waals surface area contributed by atoms with Crippen LogP contribution < -0.4 is 9.46 Å². The number of methoxy groups -OCH3 is 1. The van der Waals surface area contributed by atoms with E-state index in [0.29, 0.717) is 11.4 Å². The number of ether oxygens (including phenoxy) is 1. The molecule has 2 rings (SSSR count). The van der Waals surface area contributed by atoms with Gasteiger partial charge in [0.25, 0.3) is 10.0 Å². The van der Waals surface area contributed by atoms with E-state index in [0.717, 1.165) is 12.0 Å². The molecule has 0 spiro atoms. The van der Waals surface area contributed by atoms with Gasteiger partial charge in [-0.25, -0.2) is 8.42 Å². The molecule has 0 saturated carbocycles. The molecule has 0 bridgehead atoms. The summed E-state index contributed by atoms with van der Waals surface area (Å²) in [5.74, 6) is 0.327. The molecular formula is C16H19NO3S. The van der Waals surface area contributed by atoms with Gasteiger partial charge >= 0.3 is 0 Å². The highest BCUT2D eigenvalue weighted by molar-refractivity contribution is 7.92. The monoisotopic (exact) mass is 305 g/mol. The lowest BCUT2D eigenvalue weighted by Gasteiger charge is -2.13. The van der Waals surface area contributed by atoms with Crippen molar-refractivity contribution in [2.24, 2.45) is 0 Å². The van der Waals surface area contributed by atoms with Crippen molar-refractivity contribution < 1.29 is 13.2 Å². The molecule has 0 aliphatic rings. The van der Waals surface area contributed by atoms with Crippen molar-refractivity contribution in [1.82, 2.24) is 0 Å². The lowest BCUT2D eigenvalue weighted by Crippen LogP contribution is -2.14. The predicted molar refractivity (Wildman–Crippen MR) is 84.4 cm³/mol. The SMILES string of the molecule is CCc1ccc(NS(=O)(=O)c2ccccc2OC)c(C)c1. The van der Waals surface area contributed by atoms with Gasteiger partial charge in [-0.3, -0.25) is 4.72 Å². The average Bonchev–Trinajstić information content (AvgIpc) is 2.49. The van der Waals surface area contributed by atoms with Gasteiger partial charge in [-0.05, 0) is 42.7 Å². The van der Waals surface area contributed by atoms with E-state index in [1.807, 2.05) is 19.1 Å². The zero-order valence-electron chi connectivity index (χ0n) is 12.4. The fourth-order valence-electron chi connectivity index (χ4n) is 2.10. The number of anilines is 1. The van der Waals surface area contributed by atoms with Gasteiger partial charge in [-0.2, -0.15) is 0 Å². The summed E-state index contributed by atoms with van der Waals surface area (Å²) in [6.45, 7) is 3.95. The van der Waals surface area contributed by atoms with Gasteiger partial charge < -0.3 is 4.74 Å². The van der Waals surface area contributed by atoms with E-state index in [-0.39, 0.29) is 4.90 Å². The molecule has 0 aromatic heterocycles. The largest absolute Gasteiger partial charge is 0.495 e. The smallest absolute Gasteiger partial charge is 0.265 e. The predicted octanol–water partition coefficient (Wildman–Crippen LogP) is 3.37. The number of hydrogen-bond acceptors (Lipinski definition) is 3. The summed E-state index contributed by atoms with van der Waals surface area (Å²) in [5.41, 5.74) is 2.65. The number of nitrogens with one attached hydrogen (secondary N) is 1. The van der Waals surface area contributed by atoms with Crippen LogP contribution in [0.3, 0.4) is 0 Å². The van der Waals surface area contributed by atoms with Gasteiger partial charge in [0, 0.05) is 0 Å². The van der Waals surface area contributed by atoms with Crippen LogP contribution >= 0.6 is 0 Å². The standard InChI is InChI=1S/C16H19NO3S/c1-4-13-9-10-14(12(2)11-13)17-21(18,19)16-8-6-5-7-15(16)20-3/h5-11,17H,4H2,1-3H3. The van der Waals surface area contributed by atoms with E-state index in [1.54, 1.807) is 24.3 Å². The summed E-state index contributed by atoms with van der Waals surface area (Å²) in [5, 5.41) is 0. The number of hydrogen-bond donors (Lipinski definition) is 1. The first kappa shape index (κ1) is 15.4. The normalized spacial score (nSPS) is 11.2. The Morgan fingerprint density at radius 1 is 1.14 bits per heavy atom. The molecule has 4 nitrogen and oxygen atoms in total. The average molecular weight is 305 g/mol. The van der Waals surface area contributed by atoms with E-state index >= 15 is 0 Å². The fraction of sp³-hybridized carbons (Fsp3) is 0.250. The van der Waals surface area contributed by atoms with Crippen LogP contribution in [0.5, 0.6) is 5.75 Å². The number of sulfonamides is 1. The third kappa shape index (κ3) is 3.36. The minimum Gasteiger partial charge on any atom is -0.495 e. The molecular weight excluding hydrogens is 286 g/mol. The van der Waals surface area contributed by atoms with Crippen molar-refractivity contribution >= 4 is 15.7 Å². The second-order valence-corrected chi connectivity index (χ2v) is 6.41. The first-order chi connectivity index (χ1) is 9.97. The Balaban J connectivity index is 2.38. The summed E-state index contributed by atoms with van der Waals surface area (Å²) in [6.07, 6.45) is 0.917. The van der Waals surface area contributed by atoms with Crippen LogP contribution in [0.1, 0.15) is 18.1 Å².